The van der Waals surface area contributed by atoms with E-state index < -0.39 is 5.56 Å². The zero-order valence-electron chi connectivity index (χ0n) is 17.9. The van der Waals surface area contributed by atoms with Crippen LogP contribution in [-0.4, -0.2) is 21.6 Å². The third-order valence-electron chi connectivity index (χ3n) is 4.76. The first-order valence-electron chi connectivity index (χ1n) is 10.4. The Morgan fingerprint density at radius 1 is 1.03 bits per heavy atom. The number of nitrogens with two attached hydrogens (primary N) is 1. The van der Waals surface area contributed by atoms with Gasteiger partial charge in [0.2, 0.25) is 0 Å². The normalized spacial score (nSPS) is 12.8. The van der Waals surface area contributed by atoms with Crippen LogP contribution in [0.3, 0.4) is 0 Å². The number of hydrogen-bond acceptors (Lipinski definition) is 5. The van der Waals surface area contributed by atoms with Gasteiger partial charge >= 0.3 is 5.69 Å². The number of ether oxygens (including phenoxy) is 1. The van der Waals surface area contributed by atoms with Crippen LogP contribution in [0, 0.1) is 0 Å². The van der Waals surface area contributed by atoms with Gasteiger partial charge in [-0.05, 0) is 31.7 Å². The summed E-state index contributed by atoms with van der Waals surface area (Å²) in [5, 5.41) is 0. The molecule has 0 aliphatic carbocycles. The van der Waals surface area contributed by atoms with Gasteiger partial charge in [-0.1, -0.05) is 51.1 Å². The van der Waals surface area contributed by atoms with E-state index in [2.05, 4.69) is 4.99 Å². The molecule has 0 saturated carbocycles. The van der Waals surface area contributed by atoms with Crippen molar-refractivity contribution in [3.05, 3.63) is 56.7 Å². The standard InChI is InChI=1S/C22H32N4O3/c1-5-14-25-19(23)18(21(27)26(15-6-2)22(25)28)24-20(29-8-4)17(7-3)16-12-10-9-11-13-16/h9-13,17H,5-8,14-15,23H2,1-4H3/t17-/m1/s1. The minimum atomic E-state index is -0.471. The maximum absolute atomic E-state index is 13.1. The summed E-state index contributed by atoms with van der Waals surface area (Å²) in [5.41, 5.74) is 6.52. The van der Waals surface area contributed by atoms with Gasteiger partial charge in [0, 0.05) is 13.1 Å². The van der Waals surface area contributed by atoms with E-state index in [0.29, 0.717) is 32.0 Å². The highest BCUT2D eigenvalue weighted by molar-refractivity contribution is 5.87. The van der Waals surface area contributed by atoms with Crippen molar-refractivity contribution < 1.29 is 4.74 Å². The minimum Gasteiger partial charge on any atom is -0.481 e. The maximum atomic E-state index is 13.1. The molecule has 29 heavy (non-hydrogen) atoms. The molecule has 0 fully saturated rings. The number of anilines is 1. The number of aliphatic imine (C=N–C) groups is 1. The fraction of sp³-hybridized carbons (Fsp3) is 0.500. The molecule has 2 rings (SSSR count). The van der Waals surface area contributed by atoms with E-state index in [4.69, 9.17) is 10.5 Å². The van der Waals surface area contributed by atoms with Crippen LogP contribution in [0.1, 0.15) is 58.4 Å². The van der Waals surface area contributed by atoms with Crippen molar-refractivity contribution in [1.82, 2.24) is 9.13 Å². The molecule has 0 radical (unpaired) electrons. The molecule has 7 nitrogen and oxygen atoms in total. The van der Waals surface area contributed by atoms with Gasteiger partial charge in [0.1, 0.15) is 5.82 Å². The minimum absolute atomic E-state index is 0.0735. The number of nitrogen functional groups attached to an aromatic ring is 1. The molecule has 0 saturated heterocycles. The second kappa shape index (κ2) is 10.6. The summed E-state index contributed by atoms with van der Waals surface area (Å²) in [6, 6.07) is 9.91. The predicted octanol–water partition coefficient (Wildman–Crippen LogP) is 3.67. The van der Waals surface area contributed by atoms with Gasteiger partial charge in [-0.15, -0.1) is 0 Å². The zero-order chi connectivity index (χ0) is 21.4. The molecule has 0 amide bonds. The maximum Gasteiger partial charge on any atom is 0.332 e. The molecular weight excluding hydrogens is 368 g/mol. The monoisotopic (exact) mass is 400 g/mol. The molecule has 1 atom stereocenters. The molecule has 2 aromatic rings. The lowest BCUT2D eigenvalue weighted by Gasteiger charge is -2.19. The molecule has 1 aromatic heterocycles. The zero-order valence-corrected chi connectivity index (χ0v) is 17.9. The first-order valence-corrected chi connectivity index (χ1v) is 10.4. The Labute approximate surface area is 171 Å². The third-order valence-corrected chi connectivity index (χ3v) is 4.76. The van der Waals surface area contributed by atoms with Crippen LogP contribution >= 0.6 is 0 Å². The van der Waals surface area contributed by atoms with Crippen molar-refractivity contribution >= 4 is 17.4 Å². The number of hydrogen-bond donors (Lipinski definition) is 1. The van der Waals surface area contributed by atoms with E-state index in [1.165, 1.54) is 9.13 Å². The summed E-state index contributed by atoms with van der Waals surface area (Å²) in [6.07, 6.45) is 2.13. The van der Waals surface area contributed by atoms with Crippen LogP contribution in [0.4, 0.5) is 11.5 Å². The molecule has 1 aromatic carbocycles. The quantitative estimate of drug-likeness (QED) is 0.513. The van der Waals surface area contributed by atoms with Crippen LogP contribution < -0.4 is 17.0 Å². The van der Waals surface area contributed by atoms with E-state index in [1.54, 1.807) is 0 Å². The lowest BCUT2D eigenvalue weighted by atomic mass is 9.96. The summed E-state index contributed by atoms with van der Waals surface area (Å²) in [4.78, 5) is 30.4. The Hall–Kier alpha value is -2.83. The molecule has 2 N–H and O–H groups in total. The van der Waals surface area contributed by atoms with Crippen LogP contribution in [0.5, 0.6) is 0 Å². The predicted molar refractivity (Wildman–Crippen MR) is 118 cm³/mol. The third kappa shape index (κ3) is 4.96. The number of benzene rings is 1. The SMILES string of the molecule is CCCn1c(N)c(N=C(OCC)[C@H](CC)c2ccccc2)c(=O)n(CCC)c1=O. The summed E-state index contributed by atoms with van der Waals surface area (Å²) < 4.78 is 8.51. The Morgan fingerprint density at radius 2 is 1.66 bits per heavy atom. The topological polar surface area (TPSA) is 91.6 Å². The first kappa shape index (κ1) is 22.5. The Kier molecular flexibility index (Phi) is 8.24. The Balaban J connectivity index is 2.72. The van der Waals surface area contributed by atoms with Crippen molar-refractivity contribution in [3.8, 4) is 0 Å². The van der Waals surface area contributed by atoms with Gasteiger partial charge in [0.15, 0.2) is 11.6 Å². The fourth-order valence-electron chi connectivity index (χ4n) is 3.37. The van der Waals surface area contributed by atoms with Gasteiger partial charge in [-0.25, -0.2) is 9.79 Å². The number of rotatable bonds is 9. The molecule has 0 unspecified atom stereocenters. The number of nitrogens with zero attached hydrogens (tertiary/aromatic N) is 3. The average Bonchev–Trinajstić information content (AvgIpc) is 2.73. The van der Waals surface area contributed by atoms with Gasteiger partial charge in [-0.3, -0.25) is 13.9 Å². The highest BCUT2D eigenvalue weighted by Crippen LogP contribution is 2.25. The van der Waals surface area contributed by atoms with Crippen LogP contribution in [0.25, 0.3) is 0 Å². The summed E-state index contributed by atoms with van der Waals surface area (Å²) in [6.45, 7) is 8.97. The van der Waals surface area contributed by atoms with Crippen molar-refractivity contribution in [3.63, 3.8) is 0 Å². The van der Waals surface area contributed by atoms with E-state index >= 15 is 0 Å². The molecule has 0 aliphatic heterocycles. The summed E-state index contributed by atoms with van der Waals surface area (Å²) in [5.74, 6) is 0.421. The largest absolute Gasteiger partial charge is 0.481 e. The van der Waals surface area contributed by atoms with Crippen LogP contribution in [0.15, 0.2) is 44.9 Å². The van der Waals surface area contributed by atoms with E-state index in [0.717, 1.165) is 18.4 Å². The van der Waals surface area contributed by atoms with Crippen molar-refractivity contribution in [2.24, 2.45) is 4.99 Å². The van der Waals surface area contributed by atoms with Gasteiger partial charge in [0.25, 0.3) is 5.56 Å². The lowest BCUT2D eigenvalue weighted by molar-refractivity contribution is 0.310. The van der Waals surface area contributed by atoms with Gasteiger partial charge < -0.3 is 10.5 Å². The Bertz CT molecular complexity index is 945. The molecule has 0 bridgehead atoms. The molecule has 7 heteroatoms. The number of aromatic nitrogens is 2. The smallest absolute Gasteiger partial charge is 0.332 e. The van der Waals surface area contributed by atoms with Gasteiger partial charge in [0.05, 0.1) is 12.5 Å². The second-order valence-corrected chi connectivity index (χ2v) is 6.88. The van der Waals surface area contributed by atoms with E-state index in [-0.39, 0.29) is 23.1 Å². The summed E-state index contributed by atoms with van der Waals surface area (Å²) in [7, 11) is 0. The second-order valence-electron chi connectivity index (χ2n) is 6.88. The average molecular weight is 401 g/mol. The van der Waals surface area contributed by atoms with Crippen LogP contribution in [0.2, 0.25) is 0 Å². The van der Waals surface area contributed by atoms with Crippen LogP contribution in [-0.2, 0) is 17.8 Å². The molecule has 1 heterocycles. The molecular formula is C22H32N4O3. The highest BCUT2D eigenvalue weighted by Gasteiger charge is 2.22. The van der Waals surface area contributed by atoms with Crippen molar-refractivity contribution in [2.45, 2.75) is 66.0 Å². The fourth-order valence-corrected chi connectivity index (χ4v) is 3.37. The van der Waals surface area contributed by atoms with Crippen molar-refractivity contribution in [1.29, 1.82) is 0 Å². The Morgan fingerprint density at radius 3 is 2.21 bits per heavy atom. The summed E-state index contributed by atoms with van der Waals surface area (Å²) >= 11 is 0. The lowest BCUT2D eigenvalue weighted by Crippen LogP contribution is -2.41. The highest BCUT2D eigenvalue weighted by atomic mass is 16.5. The molecule has 158 valence electrons. The molecule has 0 aliphatic rings. The molecule has 0 spiro atoms. The van der Waals surface area contributed by atoms with E-state index in [9.17, 15) is 9.59 Å². The first-order chi connectivity index (χ1) is 14.0. The van der Waals surface area contributed by atoms with Gasteiger partial charge in [-0.2, -0.15) is 0 Å². The van der Waals surface area contributed by atoms with E-state index in [1.807, 2.05) is 58.0 Å². The van der Waals surface area contributed by atoms with Crippen molar-refractivity contribution in [2.75, 3.05) is 12.3 Å².